The van der Waals surface area contributed by atoms with Crippen molar-refractivity contribution in [3.8, 4) is 16.9 Å². The van der Waals surface area contributed by atoms with E-state index in [0.29, 0.717) is 35.0 Å². The number of aliphatic hydroxyl groups is 2. The number of rotatable bonds is 15. The number of hydrogen-bond donors (Lipinski definition) is 4. The van der Waals surface area contributed by atoms with Gasteiger partial charge in [0.2, 0.25) is 5.91 Å². The van der Waals surface area contributed by atoms with E-state index < -0.39 is 24.2 Å². The number of amides is 2. The number of para-hydroxylation sites is 1. The standard InChI is InChI=1S/C42H65N5O6/c1-24(2)15-31(22-45(7)8)43-40(50)29-16-28(17-32(18-29)46(9)10)33-14-12-13-27(39(33)52-11)21-47-38(37(26(4)49)36(23-48)53-47)41(51)44-35-20-30-19-34(25(35)3)42(30,5)6/h12-14,16-18,24-26,30-31,34-38,48-49H,15,19-23H2,1-11H3,(H,43,50)(H,44,51)/t25-,26-,30+,31-,34+,35-,36-,37+,38-/m0/s1. The van der Waals surface area contributed by atoms with Crippen molar-refractivity contribution in [2.45, 2.75) is 97.7 Å². The van der Waals surface area contributed by atoms with Crippen molar-refractivity contribution >= 4 is 17.5 Å². The number of aliphatic hydroxyl groups excluding tert-OH is 2. The van der Waals surface area contributed by atoms with Crippen LogP contribution < -0.4 is 20.3 Å². The summed E-state index contributed by atoms with van der Waals surface area (Å²) in [6, 6.07) is 10.9. The molecule has 3 saturated carbocycles. The monoisotopic (exact) mass is 735 g/mol. The number of methoxy groups -OCH3 is 1. The normalized spacial score (nSPS) is 27.6. The molecule has 0 aromatic heterocycles. The smallest absolute Gasteiger partial charge is 0.251 e. The van der Waals surface area contributed by atoms with Crippen LogP contribution in [0.3, 0.4) is 0 Å². The van der Waals surface area contributed by atoms with E-state index >= 15 is 0 Å². The van der Waals surface area contributed by atoms with Crippen LogP contribution in [0.4, 0.5) is 5.69 Å². The number of hydrogen-bond acceptors (Lipinski definition) is 9. The summed E-state index contributed by atoms with van der Waals surface area (Å²) in [4.78, 5) is 38.4. The molecule has 11 nitrogen and oxygen atoms in total. The van der Waals surface area contributed by atoms with E-state index in [4.69, 9.17) is 9.57 Å². The molecule has 11 heteroatoms. The first-order chi connectivity index (χ1) is 25.0. The number of likely N-dealkylation sites (N-methyl/N-ethyl adjacent to an activating group) is 1. The highest BCUT2D eigenvalue weighted by Crippen LogP contribution is 2.61. The molecule has 4 aliphatic rings. The van der Waals surface area contributed by atoms with Crippen LogP contribution in [0.25, 0.3) is 11.1 Å². The predicted octanol–water partition coefficient (Wildman–Crippen LogP) is 4.79. The van der Waals surface area contributed by atoms with E-state index in [1.165, 1.54) is 6.42 Å². The molecular weight excluding hydrogens is 670 g/mol. The number of carbonyl (C=O) groups is 2. The predicted molar refractivity (Wildman–Crippen MR) is 210 cm³/mol. The SMILES string of the molecule is COc1c(CN2O[C@@H](CO)[C@@H]([C@H](C)O)[C@H]2C(=O)N[C@H]2C[C@H]3C[C@H]([C@@H]2C)C3(C)C)cccc1-c1cc(C(=O)N[C@@H](CC(C)C)CN(C)C)cc(N(C)C)c1. The number of nitrogens with one attached hydrogen (secondary N) is 2. The Kier molecular flexibility index (Phi) is 12.9. The lowest BCUT2D eigenvalue weighted by Gasteiger charge is -2.62. The maximum atomic E-state index is 14.3. The number of nitrogens with zero attached hydrogens (tertiary/aromatic N) is 3. The van der Waals surface area contributed by atoms with Crippen molar-refractivity contribution in [3.05, 3.63) is 47.5 Å². The van der Waals surface area contributed by atoms with Gasteiger partial charge in [-0.25, -0.2) is 0 Å². The van der Waals surface area contributed by atoms with E-state index in [1.807, 2.05) is 69.5 Å². The number of hydroxylamine groups is 2. The quantitative estimate of drug-likeness (QED) is 0.204. The molecular formula is C42H65N5O6. The number of fused-ring (bicyclic) bond motifs is 2. The van der Waals surface area contributed by atoms with E-state index in [0.717, 1.165) is 41.8 Å². The first kappa shape index (κ1) is 41.0. The second kappa shape index (κ2) is 16.7. The van der Waals surface area contributed by atoms with Crippen LogP contribution in [0.1, 0.15) is 76.7 Å². The molecule has 294 valence electrons. The van der Waals surface area contributed by atoms with Crippen molar-refractivity contribution in [2.75, 3.05) is 53.4 Å². The van der Waals surface area contributed by atoms with Gasteiger partial charge < -0.3 is 35.4 Å². The number of carbonyl (C=O) groups excluding carboxylic acids is 2. The first-order valence-electron chi connectivity index (χ1n) is 19.4. The molecule has 0 unspecified atom stereocenters. The molecule has 2 bridgehead atoms. The molecule has 1 heterocycles. The van der Waals surface area contributed by atoms with Gasteiger partial charge in [0, 0.05) is 61.0 Å². The van der Waals surface area contributed by atoms with Crippen LogP contribution in [-0.4, -0.2) is 111 Å². The summed E-state index contributed by atoms with van der Waals surface area (Å²) in [5.74, 6) is 1.52. The Labute approximate surface area is 317 Å². The van der Waals surface area contributed by atoms with Crippen LogP contribution in [-0.2, 0) is 16.2 Å². The van der Waals surface area contributed by atoms with Crippen molar-refractivity contribution in [1.29, 1.82) is 0 Å². The highest BCUT2D eigenvalue weighted by atomic mass is 16.7. The van der Waals surface area contributed by atoms with Crippen molar-refractivity contribution < 1.29 is 29.4 Å². The van der Waals surface area contributed by atoms with Crippen LogP contribution in [0.15, 0.2) is 36.4 Å². The van der Waals surface area contributed by atoms with Crippen LogP contribution in [0.2, 0.25) is 0 Å². The van der Waals surface area contributed by atoms with Crippen LogP contribution in [0, 0.1) is 35.0 Å². The van der Waals surface area contributed by atoms with Gasteiger partial charge in [0.1, 0.15) is 17.9 Å². The highest BCUT2D eigenvalue weighted by molar-refractivity contribution is 5.97. The minimum atomic E-state index is -0.895. The summed E-state index contributed by atoms with van der Waals surface area (Å²) >= 11 is 0. The van der Waals surface area contributed by atoms with Gasteiger partial charge in [-0.15, -0.1) is 0 Å². The maximum Gasteiger partial charge on any atom is 0.251 e. The molecule has 0 spiro atoms. The summed E-state index contributed by atoms with van der Waals surface area (Å²) in [5.41, 5.74) is 4.08. The molecule has 53 heavy (non-hydrogen) atoms. The second-order valence-corrected chi connectivity index (χ2v) is 17.5. The average Bonchev–Trinajstić information content (AvgIpc) is 3.46. The molecule has 1 aliphatic heterocycles. The Hall–Kier alpha value is -3.22. The molecule has 4 N–H and O–H groups in total. The van der Waals surface area contributed by atoms with Gasteiger partial charge >= 0.3 is 0 Å². The molecule has 9 atom stereocenters. The fraction of sp³-hybridized carbons (Fsp3) is 0.667. The zero-order chi connectivity index (χ0) is 38.9. The molecule has 2 amide bonds. The van der Waals surface area contributed by atoms with Crippen molar-refractivity contribution in [1.82, 2.24) is 20.6 Å². The Morgan fingerprint density at radius 2 is 1.81 bits per heavy atom. The lowest BCUT2D eigenvalue weighted by Crippen LogP contribution is -2.62. The Morgan fingerprint density at radius 3 is 2.38 bits per heavy atom. The van der Waals surface area contributed by atoms with Crippen LogP contribution >= 0.6 is 0 Å². The minimum absolute atomic E-state index is 0.000458. The van der Waals surface area contributed by atoms with E-state index in [1.54, 1.807) is 19.1 Å². The summed E-state index contributed by atoms with van der Waals surface area (Å²) in [6.45, 7) is 13.5. The zero-order valence-electron chi connectivity index (χ0n) is 33.8. The number of anilines is 1. The molecule has 2 aromatic rings. The number of benzene rings is 2. The zero-order valence-corrected chi connectivity index (χ0v) is 33.8. The Balaban J connectivity index is 1.45. The lowest BCUT2D eigenvalue weighted by atomic mass is 9.45. The number of ether oxygens (including phenoxy) is 1. The molecule has 0 radical (unpaired) electrons. The molecule has 3 aliphatic carbocycles. The third kappa shape index (κ3) is 8.70. The topological polar surface area (TPSA) is 127 Å². The summed E-state index contributed by atoms with van der Waals surface area (Å²) in [7, 11) is 9.54. The molecule has 4 fully saturated rings. The Bertz CT molecular complexity index is 1580. The van der Waals surface area contributed by atoms with Gasteiger partial charge in [0.05, 0.1) is 26.4 Å². The van der Waals surface area contributed by atoms with Crippen molar-refractivity contribution in [2.24, 2.45) is 35.0 Å². The maximum absolute atomic E-state index is 14.3. The van der Waals surface area contributed by atoms with Gasteiger partial charge in [0.25, 0.3) is 5.91 Å². The largest absolute Gasteiger partial charge is 0.496 e. The van der Waals surface area contributed by atoms with E-state index in [9.17, 15) is 19.8 Å². The second-order valence-electron chi connectivity index (χ2n) is 17.5. The summed E-state index contributed by atoms with van der Waals surface area (Å²) in [6.07, 6.45) is 1.36. The summed E-state index contributed by atoms with van der Waals surface area (Å²) < 4.78 is 6.09. The average molecular weight is 736 g/mol. The fourth-order valence-electron chi connectivity index (χ4n) is 9.44. The Morgan fingerprint density at radius 1 is 1.09 bits per heavy atom. The van der Waals surface area contributed by atoms with Gasteiger partial charge in [-0.05, 0) is 93.1 Å². The third-order valence-corrected chi connectivity index (χ3v) is 12.4. The van der Waals surface area contributed by atoms with Gasteiger partial charge in [0.15, 0.2) is 0 Å². The molecule has 6 rings (SSSR count). The lowest BCUT2D eigenvalue weighted by molar-refractivity contribution is -0.183. The van der Waals surface area contributed by atoms with Gasteiger partial charge in [-0.1, -0.05) is 52.8 Å². The van der Waals surface area contributed by atoms with Crippen molar-refractivity contribution in [3.63, 3.8) is 0 Å². The molecule has 2 aromatic carbocycles. The minimum Gasteiger partial charge on any atom is -0.496 e. The third-order valence-electron chi connectivity index (χ3n) is 12.4. The first-order valence-corrected chi connectivity index (χ1v) is 19.4. The van der Waals surface area contributed by atoms with E-state index in [-0.39, 0.29) is 42.5 Å². The highest BCUT2D eigenvalue weighted by Gasteiger charge is 2.57. The van der Waals surface area contributed by atoms with E-state index in [2.05, 4.69) is 50.2 Å². The summed E-state index contributed by atoms with van der Waals surface area (Å²) in [5, 5.41) is 29.5. The van der Waals surface area contributed by atoms with Crippen LogP contribution in [0.5, 0.6) is 5.75 Å². The van der Waals surface area contributed by atoms with Gasteiger partial charge in [-0.2, -0.15) is 5.06 Å². The fourth-order valence-corrected chi connectivity index (χ4v) is 9.44. The van der Waals surface area contributed by atoms with Gasteiger partial charge in [-0.3, -0.25) is 14.4 Å². The molecule has 1 saturated heterocycles.